The maximum Gasteiger partial charge on any atom is 0.129 e. The molecule has 2 N–H and O–H groups in total. The number of anilines is 1. The zero-order valence-electron chi connectivity index (χ0n) is 10.2. The molecule has 0 amide bonds. The fourth-order valence-corrected chi connectivity index (χ4v) is 1.68. The molecule has 5 nitrogen and oxygen atoms in total. The van der Waals surface area contributed by atoms with Gasteiger partial charge in [0.1, 0.15) is 11.6 Å². The van der Waals surface area contributed by atoms with Gasteiger partial charge in [0.25, 0.3) is 0 Å². The van der Waals surface area contributed by atoms with Crippen LogP contribution in [0.5, 0.6) is 0 Å². The first-order chi connectivity index (χ1) is 8.25. The van der Waals surface area contributed by atoms with E-state index in [4.69, 9.17) is 0 Å². The maximum absolute atomic E-state index is 4.28. The first-order valence-corrected chi connectivity index (χ1v) is 5.78. The van der Waals surface area contributed by atoms with Crippen LogP contribution in [-0.2, 0) is 6.42 Å². The summed E-state index contributed by atoms with van der Waals surface area (Å²) in [4.78, 5) is 8.34. The number of nitrogens with zero attached hydrogens (tertiary/aromatic N) is 3. The molecular weight excluding hydrogens is 214 g/mol. The third-order valence-corrected chi connectivity index (χ3v) is 2.64. The Morgan fingerprint density at radius 1 is 1.35 bits per heavy atom. The lowest BCUT2D eigenvalue weighted by atomic mass is 10.1. The molecule has 0 aromatic carbocycles. The van der Waals surface area contributed by atoms with Gasteiger partial charge in [-0.3, -0.25) is 5.10 Å². The maximum atomic E-state index is 4.28. The van der Waals surface area contributed by atoms with Gasteiger partial charge in [-0.05, 0) is 38.3 Å². The molecule has 0 fully saturated rings. The second kappa shape index (κ2) is 5.43. The molecule has 90 valence electrons. The molecule has 0 spiro atoms. The highest BCUT2D eigenvalue weighted by Gasteiger charge is 2.00. The minimum Gasteiger partial charge on any atom is -0.370 e. The van der Waals surface area contributed by atoms with Gasteiger partial charge in [-0.2, -0.15) is 5.10 Å². The minimum absolute atomic E-state index is 0.792. The van der Waals surface area contributed by atoms with Crippen LogP contribution in [0.3, 0.4) is 0 Å². The predicted molar refractivity (Wildman–Crippen MR) is 66.9 cm³/mol. The molecule has 2 rings (SSSR count). The van der Waals surface area contributed by atoms with Crippen molar-refractivity contribution in [1.82, 2.24) is 20.2 Å². The van der Waals surface area contributed by atoms with Crippen molar-refractivity contribution in [3.8, 4) is 0 Å². The monoisotopic (exact) mass is 231 g/mol. The Balaban J connectivity index is 1.75. The summed E-state index contributed by atoms with van der Waals surface area (Å²) in [6, 6.07) is 1.89. The summed E-state index contributed by atoms with van der Waals surface area (Å²) >= 11 is 0. The van der Waals surface area contributed by atoms with Crippen molar-refractivity contribution >= 4 is 5.82 Å². The topological polar surface area (TPSA) is 66.5 Å². The lowest BCUT2D eigenvalue weighted by Gasteiger charge is -2.05. The standard InChI is InChI=1S/C12H17N5/c1-9-11(8-15-17-9)4-3-6-14-12-5-7-13-10(2)16-12/h5,7-8H,3-4,6H2,1-2H3,(H,15,17)(H,13,14,16). The van der Waals surface area contributed by atoms with Gasteiger partial charge in [-0.25, -0.2) is 9.97 Å². The number of H-pyrrole nitrogens is 1. The van der Waals surface area contributed by atoms with Gasteiger partial charge in [-0.15, -0.1) is 0 Å². The van der Waals surface area contributed by atoms with Crippen LogP contribution < -0.4 is 5.32 Å². The van der Waals surface area contributed by atoms with E-state index in [2.05, 4.69) is 25.5 Å². The molecule has 0 saturated heterocycles. The Morgan fingerprint density at radius 3 is 2.94 bits per heavy atom. The van der Waals surface area contributed by atoms with Crippen LogP contribution in [0.4, 0.5) is 5.82 Å². The van der Waals surface area contributed by atoms with E-state index < -0.39 is 0 Å². The van der Waals surface area contributed by atoms with Crippen LogP contribution >= 0.6 is 0 Å². The van der Waals surface area contributed by atoms with Crippen LogP contribution in [0.25, 0.3) is 0 Å². The van der Waals surface area contributed by atoms with Gasteiger partial charge >= 0.3 is 0 Å². The Bertz CT molecular complexity index is 477. The first-order valence-electron chi connectivity index (χ1n) is 5.78. The summed E-state index contributed by atoms with van der Waals surface area (Å²) < 4.78 is 0. The van der Waals surface area contributed by atoms with E-state index in [-0.39, 0.29) is 0 Å². The molecule has 0 unspecified atom stereocenters. The molecule has 0 saturated carbocycles. The van der Waals surface area contributed by atoms with Gasteiger partial charge in [0.05, 0.1) is 6.20 Å². The van der Waals surface area contributed by atoms with Crippen LogP contribution in [0, 0.1) is 13.8 Å². The third-order valence-electron chi connectivity index (χ3n) is 2.64. The number of hydrogen-bond donors (Lipinski definition) is 2. The Morgan fingerprint density at radius 2 is 2.24 bits per heavy atom. The summed E-state index contributed by atoms with van der Waals surface area (Å²) in [5.74, 6) is 1.68. The number of hydrogen-bond acceptors (Lipinski definition) is 4. The quantitative estimate of drug-likeness (QED) is 0.771. The smallest absolute Gasteiger partial charge is 0.129 e. The summed E-state index contributed by atoms with van der Waals surface area (Å²) in [5, 5.41) is 10.2. The molecule has 2 aromatic heterocycles. The zero-order chi connectivity index (χ0) is 12.1. The fourth-order valence-electron chi connectivity index (χ4n) is 1.68. The van der Waals surface area contributed by atoms with Crippen LogP contribution in [0.2, 0.25) is 0 Å². The average molecular weight is 231 g/mol. The van der Waals surface area contributed by atoms with Gasteiger partial charge in [0.2, 0.25) is 0 Å². The third kappa shape index (κ3) is 3.27. The van der Waals surface area contributed by atoms with Crippen molar-refractivity contribution in [2.75, 3.05) is 11.9 Å². The SMILES string of the molecule is Cc1nccc(NCCCc2cn[nH]c2C)n1. The largest absolute Gasteiger partial charge is 0.370 e. The predicted octanol–water partition coefficient (Wildman–Crippen LogP) is 1.86. The normalized spacial score (nSPS) is 10.5. The Hall–Kier alpha value is -1.91. The Labute approximate surface area is 101 Å². The number of nitrogens with one attached hydrogen (secondary N) is 2. The van der Waals surface area contributed by atoms with Crippen molar-refractivity contribution < 1.29 is 0 Å². The van der Waals surface area contributed by atoms with E-state index in [9.17, 15) is 0 Å². The van der Waals surface area contributed by atoms with Gasteiger partial charge in [0.15, 0.2) is 0 Å². The van der Waals surface area contributed by atoms with Crippen molar-refractivity contribution in [2.45, 2.75) is 26.7 Å². The average Bonchev–Trinajstić information content (AvgIpc) is 2.71. The van der Waals surface area contributed by atoms with Gasteiger partial charge in [-0.1, -0.05) is 0 Å². The van der Waals surface area contributed by atoms with Crippen LogP contribution in [0.15, 0.2) is 18.5 Å². The zero-order valence-corrected chi connectivity index (χ0v) is 10.2. The molecule has 17 heavy (non-hydrogen) atoms. The lowest BCUT2D eigenvalue weighted by molar-refractivity contribution is 0.851. The second-order valence-electron chi connectivity index (χ2n) is 4.04. The molecule has 2 heterocycles. The highest BCUT2D eigenvalue weighted by molar-refractivity contribution is 5.32. The van der Waals surface area contributed by atoms with E-state index in [1.54, 1.807) is 6.20 Å². The van der Waals surface area contributed by atoms with Crippen LogP contribution in [0.1, 0.15) is 23.5 Å². The summed E-state index contributed by atoms with van der Waals surface area (Å²) in [6.45, 7) is 4.84. The first kappa shape index (κ1) is 11.6. The van der Waals surface area contributed by atoms with Crippen LogP contribution in [-0.4, -0.2) is 26.7 Å². The molecule has 2 aromatic rings. The summed E-state index contributed by atoms with van der Waals surface area (Å²) in [7, 11) is 0. The lowest BCUT2D eigenvalue weighted by Crippen LogP contribution is -2.05. The van der Waals surface area contributed by atoms with Crippen molar-refractivity contribution in [2.24, 2.45) is 0 Å². The molecule has 0 radical (unpaired) electrons. The number of aromatic nitrogens is 4. The fraction of sp³-hybridized carbons (Fsp3) is 0.417. The van der Waals surface area contributed by atoms with E-state index in [0.717, 1.165) is 36.7 Å². The molecule has 0 aliphatic heterocycles. The highest BCUT2D eigenvalue weighted by Crippen LogP contribution is 2.06. The summed E-state index contributed by atoms with van der Waals surface area (Å²) in [5.41, 5.74) is 2.44. The minimum atomic E-state index is 0.792. The van der Waals surface area contributed by atoms with Crippen molar-refractivity contribution in [3.63, 3.8) is 0 Å². The molecule has 0 atom stereocenters. The van der Waals surface area contributed by atoms with Crippen molar-refractivity contribution in [3.05, 3.63) is 35.5 Å². The highest BCUT2D eigenvalue weighted by atomic mass is 15.1. The second-order valence-corrected chi connectivity index (χ2v) is 4.04. The molecule has 5 heteroatoms. The molecule has 0 aliphatic carbocycles. The van der Waals surface area contributed by atoms with E-state index in [1.807, 2.05) is 26.1 Å². The molecular formula is C12H17N5. The van der Waals surface area contributed by atoms with Gasteiger partial charge < -0.3 is 5.32 Å². The molecule has 0 aliphatic rings. The van der Waals surface area contributed by atoms with E-state index >= 15 is 0 Å². The number of aryl methyl sites for hydroxylation is 3. The molecule has 0 bridgehead atoms. The van der Waals surface area contributed by atoms with Gasteiger partial charge in [0, 0.05) is 18.4 Å². The number of aromatic amines is 1. The Kier molecular flexibility index (Phi) is 3.69. The van der Waals surface area contributed by atoms with E-state index in [0.29, 0.717) is 0 Å². The summed E-state index contributed by atoms with van der Waals surface area (Å²) in [6.07, 6.45) is 5.75. The van der Waals surface area contributed by atoms with E-state index in [1.165, 1.54) is 5.56 Å². The van der Waals surface area contributed by atoms with Crippen molar-refractivity contribution in [1.29, 1.82) is 0 Å². The number of rotatable bonds is 5.